The Hall–Kier alpha value is -1.36. The molecule has 15 heavy (non-hydrogen) atoms. The van der Waals surface area contributed by atoms with E-state index in [2.05, 4.69) is 4.98 Å². The summed E-state index contributed by atoms with van der Waals surface area (Å²) in [5, 5.41) is 2.87. The van der Waals surface area contributed by atoms with Gasteiger partial charge in [-0.3, -0.25) is 9.13 Å². The molecule has 0 radical (unpaired) electrons. The van der Waals surface area contributed by atoms with E-state index in [0.717, 1.165) is 5.01 Å². The van der Waals surface area contributed by atoms with E-state index in [4.69, 9.17) is 0 Å². The number of rotatable bonds is 3. The fraction of sp³-hybridized carbons (Fsp3) is 0.400. The molecule has 2 rings (SSSR count). The smallest absolute Gasteiger partial charge is 0.297 e. The largest absolute Gasteiger partial charge is 0.328 e. The Balaban J connectivity index is 2.27. The van der Waals surface area contributed by atoms with Gasteiger partial charge in [-0.1, -0.05) is 0 Å². The molecule has 0 fully saturated rings. The average Bonchev–Trinajstić information content (AvgIpc) is 2.78. The van der Waals surface area contributed by atoms with Gasteiger partial charge < -0.3 is 0 Å². The van der Waals surface area contributed by atoms with E-state index in [0.29, 0.717) is 6.54 Å². The second kappa shape index (κ2) is 4.02. The lowest BCUT2D eigenvalue weighted by molar-refractivity contribution is 0.561. The van der Waals surface area contributed by atoms with Crippen LogP contribution in [0.25, 0.3) is 0 Å². The third kappa shape index (κ3) is 2.02. The zero-order chi connectivity index (χ0) is 10.8. The Morgan fingerprint density at radius 3 is 2.80 bits per heavy atom. The van der Waals surface area contributed by atoms with Crippen molar-refractivity contribution >= 4 is 11.3 Å². The molecule has 0 saturated heterocycles. The van der Waals surface area contributed by atoms with Crippen LogP contribution in [0.3, 0.4) is 0 Å². The number of aromatic nitrogens is 3. The van der Waals surface area contributed by atoms with E-state index >= 15 is 0 Å². The molecular formula is C10H13N3OS. The first-order valence-electron chi connectivity index (χ1n) is 4.84. The minimum absolute atomic E-state index is 0.0280. The molecule has 2 heterocycles. The van der Waals surface area contributed by atoms with Crippen LogP contribution in [-0.2, 0) is 6.54 Å². The quantitative estimate of drug-likeness (QED) is 0.795. The average molecular weight is 223 g/mol. The van der Waals surface area contributed by atoms with Gasteiger partial charge in [-0.15, -0.1) is 11.3 Å². The van der Waals surface area contributed by atoms with E-state index in [1.165, 1.54) is 0 Å². The van der Waals surface area contributed by atoms with Gasteiger partial charge in [-0.2, -0.15) is 0 Å². The Labute approximate surface area is 91.8 Å². The molecule has 80 valence electrons. The van der Waals surface area contributed by atoms with E-state index in [1.54, 1.807) is 26.7 Å². The van der Waals surface area contributed by atoms with Gasteiger partial charge in [-0.05, 0) is 13.8 Å². The van der Waals surface area contributed by atoms with Crippen LogP contribution in [0.2, 0.25) is 0 Å². The molecule has 0 amide bonds. The highest BCUT2D eigenvalue weighted by atomic mass is 32.1. The normalized spacial score (nSPS) is 11.1. The molecule has 0 aliphatic heterocycles. The van der Waals surface area contributed by atoms with Gasteiger partial charge in [0.1, 0.15) is 5.01 Å². The Morgan fingerprint density at radius 2 is 2.27 bits per heavy atom. The van der Waals surface area contributed by atoms with Gasteiger partial charge in [0.2, 0.25) is 0 Å². The number of hydrogen-bond donors (Lipinski definition) is 0. The number of hydrogen-bond acceptors (Lipinski definition) is 3. The molecule has 0 spiro atoms. The summed E-state index contributed by atoms with van der Waals surface area (Å²) in [6.07, 6.45) is 5.38. The lowest BCUT2D eigenvalue weighted by atomic mass is 10.4. The van der Waals surface area contributed by atoms with Crippen molar-refractivity contribution in [3.05, 3.63) is 39.5 Å². The summed E-state index contributed by atoms with van der Waals surface area (Å²) in [5.74, 6) is 0. The Morgan fingerprint density at radius 1 is 1.47 bits per heavy atom. The number of thiazole rings is 1. The highest BCUT2D eigenvalue weighted by molar-refractivity contribution is 7.09. The minimum atomic E-state index is 0.0280. The van der Waals surface area contributed by atoms with E-state index in [9.17, 15) is 4.79 Å². The summed E-state index contributed by atoms with van der Waals surface area (Å²) in [6.45, 7) is 4.56. The molecule has 0 aliphatic carbocycles. The van der Waals surface area contributed by atoms with Crippen molar-refractivity contribution in [3.63, 3.8) is 0 Å². The molecule has 0 N–H and O–H groups in total. The first-order chi connectivity index (χ1) is 7.18. The molecule has 2 aromatic rings. The third-order valence-electron chi connectivity index (χ3n) is 2.22. The van der Waals surface area contributed by atoms with Crippen LogP contribution in [-0.4, -0.2) is 14.1 Å². The molecule has 5 heteroatoms. The van der Waals surface area contributed by atoms with Gasteiger partial charge in [0.05, 0.1) is 6.54 Å². The van der Waals surface area contributed by atoms with Crippen molar-refractivity contribution in [2.45, 2.75) is 26.4 Å². The molecule has 4 nitrogen and oxygen atoms in total. The SMILES string of the molecule is CC(C)n1ccn(Cc2nccs2)c1=O. The summed E-state index contributed by atoms with van der Waals surface area (Å²) >= 11 is 1.56. The van der Waals surface area contributed by atoms with Crippen molar-refractivity contribution in [1.29, 1.82) is 0 Å². The molecule has 2 aromatic heterocycles. The number of nitrogens with zero attached hydrogens (tertiary/aromatic N) is 3. The molecular weight excluding hydrogens is 210 g/mol. The van der Waals surface area contributed by atoms with Crippen molar-refractivity contribution in [3.8, 4) is 0 Å². The fourth-order valence-electron chi connectivity index (χ4n) is 1.42. The summed E-state index contributed by atoms with van der Waals surface area (Å²) < 4.78 is 3.40. The zero-order valence-corrected chi connectivity index (χ0v) is 9.57. The maximum atomic E-state index is 11.8. The first kappa shape index (κ1) is 10.2. The van der Waals surface area contributed by atoms with Gasteiger partial charge in [0, 0.05) is 30.0 Å². The fourth-order valence-corrected chi connectivity index (χ4v) is 2.03. The second-order valence-corrected chi connectivity index (χ2v) is 4.61. The monoisotopic (exact) mass is 223 g/mol. The van der Waals surface area contributed by atoms with Crippen LogP contribution in [0.15, 0.2) is 28.8 Å². The van der Waals surface area contributed by atoms with Gasteiger partial charge in [0.15, 0.2) is 0 Å². The Kier molecular flexibility index (Phi) is 2.73. The topological polar surface area (TPSA) is 39.8 Å². The van der Waals surface area contributed by atoms with Gasteiger partial charge >= 0.3 is 5.69 Å². The standard InChI is InChI=1S/C10H13N3OS/c1-8(2)13-5-4-12(10(13)14)7-9-11-3-6-15-9/h3-6,8H,7H2,1-2H3. The van der Waals surface area contributed by atoms with Gasteiger partial charge in [-0.25, -0.2) is 9.78 Å². The number of imidazole rings is 1. The van der Waals surface area contributed by atoms with E-state index in [-0.39, 0.29) is 11.7 Å². The molecule has 0 bridgehead atoms. The van der Waals surface area contributed by atoms with Crippen molar-refractivity contribution in [2.24, 2.45) is 0 Å². The van der Waals surface area contributed by atoms with E-state index in [1.807, 2.05) is 31.6 Å². The molecule has 0 aliphatic rings. The van der Waals surface area contributed by atoms with Gasteiger partial charge in [0.25, 0.3) is 0 Å². The predicted octanol–water partition coefficient (Wildman–Crippen LogP) is 1.74. The van der Waals surface area contributed by atoms with Crippen LogP contribution >= 0.6 is 11.3 Å². The highest BCUT2D eigenvalue weighted by Crippen LogP contribution is 2.06. The maximum Gasteiger partial charge on any atom is 0.328 e. The van der Waals surface area contributed by atoms with Crippen molar-refractivity contribution < 1.29 is 0 Å². The van der Waals surface area contributed by atoms with Crippen LogP contribution in [0.4, 0.5) is 0 Å². The zero-order valence-electron chi connectivity index (χ0n) is 8.75. The first-order valence-corrected chi connectivity index (χ1v) is 5.72. The minimum Gasteiger partial charge on any atom is -0.297 e. The summed E-state index contributed by atoms with van der Waals surface area (Å²) in [7, 11) is 0. The van der Waals surface area contributed by atoms with Crippen molar-refractivity contribution in [2.75, 3.05) is 0 Å². The molecule has 0 atom stereocenters. The lowest BCUT2D eigenvalue weighted by Gasteiger charge is -2.03. The summed E-state index contributed by atoms with van der Waals surface area (Å²) in [4.78, 5) is 16.0. The summed E-state index contributed by atoms with van der Waals surface area (Å²) in [5.41, 5.74) is 0.0280. The molecule has 0 aromatic carbocycles. The Bertz CT molecular complexity index is 481. The third-order valence-corrected chi connectivity index (χ3v) is 2.98. The second-order valence-electron chi connectivity index (χ2n) is 3.64. The predicted molar refractivity (Wildman–Crippen MR) is 60.3 cm³/mol. The maximum absolute atomic E-state index is 11.8. The van der Waals surface area contributed by atoms with Crippen LogP contribution in [0.1, 0.15) is 24.9 Å². The van der Waals surface area contributed by atoms with Crippen LogP contribution in [0, 0.1) is 0 Å². The van der Waals surface area contributed by atoms with Crippen molar-refractivity contribution in [1.82, 2.24) is 14.1 Å². The summed E-state index contributed by atoms with van der Waals surface area (Å²) in [6, 6.07) is 0.204. The lowest BCUT2D eigenvalue weighted by Crippen LogP contribution is -2.25. The van der Waals surface area contributed by atoms with E-state index < -0.39 is 0 Å². The highest BCUT2D eigenvalue weighted by Gasteiger charge is 2.06. The van der Waals surface area contributed by atoms with Crippen LogP contribution in [0.5, 0.6) is 0 Å². The molecule has 0 unspecified atom stereocenters. The van der Waals surface area contributed by atoms with Crippen LogP contribution < -0.4 is 5.69 Å². The molecule has 0 saturated carbocycles.